The molecule has 4 rings (SSSR count). The zero-order chi connectivity index (χ0) is 24.1. The zero-order valence-electron chi connectivity index (χ0n) is 19.3. The number of aliphatic hydroxyl groups excluding tert-OH is 1. The first-order valence-electron chi connectivity index (χ1n) is 10.7. The van der Waals surface area contributed by atoms with E-state index >= 15 is 0 Å². The van der Waals surface area contributed by atoms with E-state index < -0.39 is 23.6 Å². The number of phenols is 2. The molecule has 0 bridgehead atoms. The second-order valence-corrected chi connectivity index (χ2v) is 9.07. The summed E-state index contributed by atoms with van der Waals surface area (Å²) in [6.07, 6.45) is 3.09. The van der Waals surface area contributed by atoms with Crippen LogP contribution >= 0.6 is 0 Å². The summed E-state index contributed by atoms with van der Waals surface area (Å²) in [7, 11) is 1.47. The molecule has 174 valence electrons. The van der Waals surface area contributed by atoms with Gasteiger partial charge in [-0.2, -0.15) is 0 Å². The van der Waals surface area contributed by atoms with Crippen LogP contribution in [0.5, 0.6) is 28.7 Å². The van der Waals surface area contributed by atoms with E-state index in [9.17, 15) is 20.1 Å². The second kappa shape index (κ2) is 8.15. The van der Waals surface area contributed by atoms with Crippen molar-refractivity contribution in [3.8, 4) is 28.7 Å². The molecule has 2 aromatic carbocycles. The lowest BCUT2D eigenvalue weighted by atomic mass is 9.86. The Morgan fingerprint density at radius 2 is 1.94 bits per heavy atom. The van der Waals surface area contributed by atoms with Gasteiger partial charge in [-0.15, -0.1) is 0 Å². The standard InChI is InChI=1S/C26H28O7/c1-13(2)6-8-17-23-16(10-11-26(3,4)33-23)20(28)19-21(29)22(30)25(32-24(17)19)15-9-7-14(31-5)12-18(15)27/h6-7,9-12,22,25,27-28,30H,8H2,1-5H3/t22-,25-/m1/s1. The SMILES string of the molecule is COc1ccc([C@H]2Oc3c(CC=C(C)C)c4c(c(O)c3C(=O)[C@H]2O)C=CC(C)(C)O4)c(O)c1. The van der Waals surface area contributed by atoms with Gasteiger partial charge in [0.2, 0.25) is 5.78 Å². The number of aromatic hydroxyl groups is 2. The maximum absolute atomic E-state index is 13.3. The Balaban J connectivity index is 1.93. The van der Waals surface area contributed by atoms with Crippen molar-refractivity contribution < 1.29 is 34.3 Å². The first-order chi connectivity index (χ1) is 15.5. The van der Waals surface area contributed by atoms with Gasteiger partial charge in [0.1, 0.15) is 39.9 Å². The van der Waals surface area contributed by atoms with Crippen LogP contribution in [0.3, 0.4) is 0 Å². The Bertz CT molecular complexity index is 1190. The molecular weight excluding hydrogens is 424 g/mol. The fraction of sp³-hybridized carbons (Fsp3) is 0.346. The summed E-state index contributed by atoms with van der Waals surface area (Å²) in [5, 5.41) is 32.3. The van der Waals surface area contributed by atoms with E-state index in [0.29, 0.717) is 29.0 Å². The molecule has 0 fully saturated rings. The summed E-state index contributed by atoms with van der Waals surface area (Å²) >= 11 is 0. The van der Waals surface area contributed by atoms with Crippen LogP contribution in [0.25, 0.3) is 6.08 Å². The molecule has 2 heterocycles. The zero-order valence-corrected chi connectivity index (χ0v) is 19.3. The molecule has 0 aromatic heterocycles. The van der Waals surface area contributed by atoms with Crippen molar-refractivity contribution in [2.45, 2.75) is 51.9 Å². The number of carbonyl (C=O) groups is 1. The molecule has 7 heteroatoms. The van der Waals surface area contributed by atoms with Crippen LogP contribution < -0.4 is 14.2 Å². The van der Waals surface area contributed by atoms with Crippen molar-refractivity contribution in [2.75, 3.05) is 7.11 Å². The van der Waals surface area contributed by atoms with Crippen molar-refractivity contribution in [3.05, 3.63) is 58.2 Å². The second-order valence-electron chi connectivity index (χ2n) is 9.07. The minimum absolute atomic E-state index is 0.0874. The highest BCUT2D eigenvalue weighted by atomic mass is 16.5. The van der Waals surface area contributed by atoms with Crippen LogP contribution in [-0.2, 0) is 6.42 Å². The highest BCUT2D eigenvalue weighted by Crippen LogP contribution is 2.52. The average molecular weight is 453 g/mol. The molecule has 2 aliphatic rings. The summed E-state index contributed by atoms with van der Waals surface area (Å²) in [5.41, 5.74) is 1.54. The number of hydrogen-bond donors (Lipinski definition) is 3. The third-order valence-corrected chi connectivity index (χ3v) is 5.83. The maximum atomic E-state index is 13.3. The van der Waals surface area contributed by atoms with E-state index in [1.807, 2.05) is 33.8 Å². The lowest BCUT2D eigenvalue weighted by Gasteiger charge is -2.36. The van der Waals surface area contributed by atoms with Gasteiger partial charge in [-0.25, -0.2) is 0 Å². The molecule has 2 aliphatic heterocycles. The van der Waals surface area contributed by atoms with E-state index in [0.717, 1.165) is 5.57 Å². The molecule has 2 atom stereocenters. The smallest absolute Gasteiger partial charge is 0.202 e. The predicted octanol–water partition coefficient (Wildman–Crippen LogP) is 4.48. The molecule has 0 saturated heterocycles. The van der Waals surface area contributed by atoms with Gasteiger partial charge in [0.15, 0.2) is 12.2 Å². The number of methoxy groups -OCH3 is 1. The summed E-state index contributed by atoms with van der Waals surface area (Å²) < 4.78 is 17.5. The predicted molar refractivity (Wildman–Crippen MR) is 123 cm³/mol. The molecule has 0 aliphatic carbocycles. The third kappa shape index (κ3) is 3.93. The number of phenolic OH excluding ortho intramolecular Hbond substituents is 2. The number of benzene rings is 2. The van der Waals surface area contributed by atoms with Crippen molar-refractivity contribution in [3.63, 3.8) is 0 Å². The van der Waals surface area contributed by atoms with Crippen molar-refractivity contribution in [1.29, 1.82) is 0 Å². The first-order valence-corrected chi connectivity index (χ1v) is 10.7. The molecule has 7 nitrogen and oxygen atoms in total. The van der Waals surface area contributed by atoms with Crippen LogP contribution in [0.1, 0.15) is 60.8 Å². The van der Waals surface area contributed by atoms with Gasteiger partial charge in [-0.3, -0.25) is 4.79 Å². The van der Waals surface area contributed by atoms with Crippen molar-refractivity contribution in [2.24, 2.45) is 0 Å². The molecule has 0 spiro atoms. The molecule has 0 saturated carbocycles. The largest absolute Gasteiger partial charge is 0.507 e. The van der Waals surface area contributed by atoms with Gasteiger partial charge in [0, 0.05) is 17.2 Å². The van der Waals surface area contributed by atoms with E-state index in [1.54, 1.807) is 18.2 Å². The van der Waals surface area contributed by atoms with E-state index in [4.69, 9.17) is 14.2 Å². The Morgan fingerprint density at radius 3 is 2.58 bits per heavy atom. The normalized spacial score (nSPS) is 20.2. The van der Waals surface area contributed by atoms with E-state index in [-0.39, 0.29) is 28.4 Å². The van der Waals surface area contributed by atoms with Crippen LogP contribution in [0, 0.1) is 0 Å². The van der Waals surface area contributed by atoms with Gasteiger partial charge in [0.25, 0.3) is 0 Å². The van der Waals surface area contributed by atoms with E-state index in [1.165, 1.54) is 19.2 Å². The molecule has 3 N–H and O–H groups in total. The number of fused-ring (bicyclic) bond motifs is 2. The third-order valence-electron chi connectivity index (χ3n) is 5.83. The summed E-state index contributed by atoms with van der Waals surface area (Å²) in [4.78, 5) is 13.3. The summed E-state index contributed by atoms with van der Waals surface area (Å²) in [6.45, 7) is 7.69. The van der Waals surface area contributed by atoms with Crippen LogP contribution in [-0.4, -0.2) is 39.9 Å². The van der Waals surface area contributed by atoms with Gasteiger partial charge in [0.05, 0.1) is 12.7 Å². The fourth-order valence-corrected chi connectivity index (χ4v) is 4.07. The number of ketones is 1. The van der Waals surface area contributed by atoms with Crippen molar-refractivity contribution in [1.82, 2.24) is 0 Å². The number of aliphatic hydroxyl groups is 1. The molecule has 2 aromatic rings. The van der Waals surface area contributed by atoms with E-state index in [2.05, 4.69) is 0 Å². The fourth-order valence-electron chi connectivity index (χ4n) is 4.07. The number of rotatable bonds is 4. The monoisotopic (exact) mass is 452 g/mol. The lowest BCUT2D eigenvalue weighted by Crippen LogP contribution is -2.37. The Kier molecular flexibility index (Phi) is 5.62. The van der Waals surface area contributed by atoms with Crippen LogP contribution in [0.4, 0.5) is 0 Å². The molecule has 0 unspecified atom stereocenters. The average Bonchev–Trinajstić information content (AvgIpc) is 2.75. The van der Waals surface area contributed by atoms with Gasteiger partial charge >= 0.3 is 0 Å². The minimum Gasteiger partial charge on any atom is -0.507 e. The van der Waals surface area contributed by atoms with Crippen molar-refractivity contribution >= 4 is 11.9 Å². The van der Waals surface area contributed by atoms with Gasteiger partial charge < -0.3 is 29.5 Å². The van der Waals surface area contributed by atoms with Gasteiger partial charge in [-0.1, -0.05) is 11.6 Å². The Hall–Kier alpha value is -3.45. The summed E-state index contributed by atoms with van der Waals surface area (Å²) in [5.74, 6) is -0.166. The molecular formula is C26H28O7. The number of ether oxygens (including phenoxy) is 3. The molecule has 0 radical (unpaired) electrons. The molecule has 33 heavy (non-hydrogen) atoms. The molecule has 0 amide bonds. The minimum atomic E-state index is -1.62. The number of carbonyl (C=O) groups excluding carboxylic acids is 1. The summed E-state index contributed by atoms with van der Waals surface area (Å²) in [6, 6.07) is 4.53. The number of Topliss-reactive ketones (excluding diaryl/α,β-unsaturated/α-hetero) is 1. The Morgan fingerprint density at radius 1 is 1.21 bits per heavy atom. The topological polar surface area (TPSA) is 105 Å². The van der Waals surface area contributed by atoms with Gasteiger partial charge in [-0.05, 0) is 58.4 Å². The number of allylic oxidation sites excluding steroid dienone is 2. The van der Waals surface area contributed by atoms with Crippen LogP contribution in [0.2, 0.25) is 0 Å². The number of hydrogen-bond acceptors (Lipinski definition) is 7. The van der Waals surface area contributed by atoms with Crippen LogP contribution in [0.15, 0.2) is 35.9 Å². The first kappa shape index (κ1) is 22.7. The Labute approximate surface area is 192 Å². The lowest BCUT2D eigenvalue weighted by molar-refractivity contribution is 0.0196. The highest BCUT2D eigenvalue weighted by molar-refractivity contribution is 6.07. The maximum Gasteiger partial charge on any atom is 0.202 e. The highest BCUT2D eigenvalue weighted by Gasteiger charge is 2.43. The quantitative estimate of drug-likeness (QED) is 0.588.